The summed E-state index contributed by atoms with van der Waals surface area (Å²) >= 11 is 0. The minimum atomic E-state index is -4.26. The van der Waals surface area contributed by atoms with Crippen molar-refractivity contribution >= 4 is 5.91 Å². The van der Waals surface area contributed by atoms with E-state index in [0.717, 1.165) is 0 Å². The fraction of sp³-hybridized carbons (Fsp3) is 0.917. The summed E-state index contributed by atoms with van der Waals surface area (Å²) in [5.41, 5.74) is 5.70. The number of carbonyl (C=O) groups excluding carboxylic acids is 1. The van der Waals surface area contributed by atoms with Gasteiger partial charge in [-0.25, -0.2) is 0 Å². The molecule has 18 heavy (non-hydrogen) atoms. The van der Waals surface area contributed by atoms with Crippen LogP contribution in [-0.2, 0) is 4.79 Å². The quantitative estimate of drug-likeness (QED) is 0.786. The third-order valence-electron chi connectivity index (χ3n) is 4.04. The van der Waals surface area contributed by atoms with Gasteiger partial charge in [0.1, 0.15) is 0 Å². The second-order valence-corrected chi connectivity index (χ2v) is 5.37. The molecule has 0 spiro atoms. The number of halogens is 3. The summed E-state index contributed by atoms with van der Waals surface area (Å²) in [6.07, 6.45) is -1.86. The van der Waals surface area contributed by atoms with Crippen molar-refractivity contribution in [2.24, 2.45) is 17.6 Å². The number of alkyl halides is 3. The molecule has 2 aliphatic rings. The number of amides is 1. The van der Waals surface area contributed by atoms with Crippen LogP contribution in [0.15, 0.2) is 0 Å². The standard InChI is InChI=1S/C12H19F3N2O/c13-12(14,15)10-4-2-1-3-9(10)11(18)17-6-5-8(16)7-17/h8-10H,1-7,16H2/t8-,9?,10?/m0/s1. The fourth-order valence-corrected chi connectivity index (χ4v) is 3.04. The Hall–Kier alpha value is -0.780. The van der Waals surface area contributed by atoms with E-state index >= 15 is 0 Å². The molecule has 0 radical (unpaired) electrons. The lowest BCUT2D eigenvalue weighted by Crippen LogP contribution is -2.44. The SMILES string of the molecule is N[C@H]1CCN(C(=O)C2CCCCC2C(F)(F)F)C1. The van der Waals surface area contributed by atoms with Gasteiger partial charge in [0.2, 0.25) is 5.91 Å². The second kappa shape index (κ2) is 5.07. The third kappa shape index (κ3) is 2.79. The molecule has 1 aliphatic carbocycles. The maximum Gasteiger partial charge on any atom is 0.392 e. The highest BCUT2D eigenvalue weighted by molar-refractivity contribution is 5.79. The summed E-state index contributed by atoms with van der Waals surface area (Å²) in [6.45, 7) is 0.904. The molecule has 3 atom stereocenters. The minimum absolute atomic E-state index is 0.0816. The predicted octanol–water partition coefficient (Wildman–Crippen LogP) is 1.91. The molecular weight excluding hydrogens is 245 g/mol. The van der Waals surface area contributed by atoms with Crippen LogP contribution in [0.25, 0.3) is 0 Å². The van der Waals surface area contributed by atoms with Gasteiger partial charge in [-0.15, -0.1) is 0 Å². The third-order valence-corrected chi connectivity index (χ3v) is 4.04. The van der Waals surface area contributed by atoms with Gasteiger partial charge in [0.15, 0.2) is 0 Å². The molecule has 2 fully saturated rings. The lowest BCUT2D eigenvalue weighted by Gasteiger charge is -2.34. The Morgan fingerprint density at radius 3 is 2.39 bits per heavy atom. The molecular formula is C12H19F3N2O. The fourth-order valence-electron chi connectivity index (χ4n) is 3.04. The molecule has 6 heteroatoms. The maximum absolute atomic E-state index is 12.9. The number of nitrogens with two attached hydrogens (primary N) is 1. The van der Waals surface area contributed by atoms with Crippen molar-refractivity contribution in [1.29, 1.82) is 0 Å². The molecule has 104 valence electrons. The molecule has 3 nitrogen and oxygen atoms in total. The summed E-state index contributed by atoms with van der Waals surface area (Å²) in [6, 6.07) is -0.0816. The number of likely N-dealkylation sites (tertiary alicyclic amines) is 1. The highest BCUT2D eigenvalue weighted by atomic mass is 19.4. The largest absolute Gasteiger partial charge is 0.392 e. The van der Waals surface area contributed by atoms with Crippen LogP contribution >= 0.6 is 0 Å². The van der Waals surface area contributed by atoms with Crippen molar-refractivity contribution in [3.8, 4) is 0 Å². The van der Waals surface area contributed by atoms with E-state index in [9.17, 15) is 18.0 Å². The first-order valence-corrected chi connectivity index (χ1v) is 6.50. The van der Waals surface area contributed by atoms with Crippen LogP contribution in [-0.4, -0.2) is 36.1 Å². The molecule has 0 aromatic rings. The van der Waals surface area contributed by atoms with Crippen LogP contribution in [0.2, 0.25) is 0 Å². The molecule has 1 heterocycles. The molecule has 1 amide bonds. The summed E-state index contributed by atoms with van der Waals surface area (Å²) in [5, 5.41) is 0. The van der Waals surface area contributed by atoms with Gasteiger partial charge in [0, 0.05) is 25.0 Å². The number of hydrogen-bond donors (Lipinski definition) is 1. The summed E-state index contributed by atoms with van der Waals surface area (Å²) in [5.74, 6) is -2.69. The normalized spacial score (nSPS) is 33.8. The van der Waals surface area contributed by atoms with Crippen molar-refractivity contribution in [1.82, 2.24) is 4.90 Å². The Kier molecular flexibility index (Phi) is 3.84. The highest BCUT2D eigenvalue weighted by Gasteiger charge is 2.49. The molecule has 2 unspecified atom stereocenters. The van der Waals surface area contributed by atoms with E-state index in [1.807, 2.05) is 0 Å². The topological polar surface area (TPSA) is 46.3 Å². The minimum Gasteiger partial charge on any atom is -0.341 e. The van der Waals surface area contributed by atoms with Crippen molar-refractivity contribution in [2.75, 3.05) is 13.1 Å². The van der Waals surface area contributed by atoms with Crippen molar-refractivity contribution in [2.45, 2.75) is 44.3 Å². The summed E-state index contributed by atoms with van der Waals surface area (Å²) in [7, 11) is 0. The lowest BCUT2D eigenvalue weighted by molar-refractivity contribution is -0.200. The van der Waals surface area contributed by atoms with Crippen LogP contribution in [0.3, 0.4) is 0 Å². The smallest absolute Gasteiger partial charge is 0.341 e. The first kappa shape index (κ1) is 13.6. The zero-order valence-corrected chi connectivity index (χ0v) is 10.2. The first-order chi connectivity index (χ1) is 8.39. The number of nitrogens with zero attached hydrogens (tertiary/aromatic N) is 1. The molecule has 1 saturated carbocycles. The van der Waals surface area contributed by atoms with Gasteiger partial charge in [0.25, 0.3) is 0 Å². The van der Waals surface area contributed by atoms with Crippen LogP contribution in [0.1, 0.15) is 32.1 Å². The number of hydrogen-bond acceptors (Lipinski definition) is 2. The van der Waals surface area contributed by atoms with Gasteiger partial charge in [0.05, 0.1) is 5.92 Å². The maximum atomic E-state index is 12.9. The summed E-state index contributed by atoms with van der Waals surface area (Å²) in [4.78, 5) is 13.7. The number of rotatable bonds is 1. The molecule has 2 rings (SSSR count). The van der Waals surface area contributed by atoms with E-state index in [1.54, 1.807) is 0 Å². The van der Waals surface area contributed by atoms with E-state index in [2.05, 4.69) is 0 Å². The monoisotopic (exact) mass is 264 g/mol. The molecule has 0 aromatic heterocycles. The zero-order chi connectivity index (χ0) is 13.3. The van der Waals surface area contributed by atoms with Crippen molar-refractivity contribution in [3.63, 3.8) is 0 Å². The van der Waals surface area contributed by atoms with Crippen LogP contribution < -0.4 is 5.73 Å². The van der Waals surface area contributed by atoms with Gasteiger partial charge in [-0.1, -0.05) is 12.8 Å². The van der Waals surface area contributed by atoms with E-state index in [-0.39, 0.29) is 18.4 Å². The van der Waals surface area contributed by atoms with E-state index < -0.39 is 18.0 Å². The predicted molar refractivity (Wildman–Crippen MR) is 60.7 cm³/mol. The van der Waals surface area contributed by atoms with E-state index in [1.165, 1.54) is 4.90 Å². The van der Waals surface area contributed by atoms with Crippen LogP contribution in [0.4, 0.5) is 13.2 Å². The van der Waals surface area contributed by atoms with Crippen molar-refractivity contribution < 1.29 is 18.0 Å². The molecule has 0 bridgehead atoms. The molecule has 0 aromatic carbocycles. The Labute approximate surface area is 104 Å². The van der Waals surface area contributed by atoms with Gasteiger partial charge in [-0.05, 0) is 19.3 Å². The molecule has 1 aliphatic heterocycles. The van der Waals surface area contributed by atoms with Crippen LogP contribution in [0, 0.1) is 11.8 Å². The zero-order valence-electron chi connectivity index (χ0n) is 10.2. The van der Waals surface area contributed by atoms with Gasteiger partial charge < -0.3 is 10.6 Å². The van der Waals surface area contributed by atoms with Gasteiger partial charge in [-0.2, -0.15) is 13.2 Å². The number of carbonyl (C=O) groups is 1. The van der Waals surface area contributed by atoms with Crippen molar-refractivity contribution in [3.05, 3.63) is 0 Å². The molecule has 2 N–H and O–H groups in total. The van der Waals surface area contributed by atoms with Gasteiger partial charge in [-0.3, -0.25) is 4.79 Å². The average molecular weight is 264 g/mol. The average Bonchev–Trinajstić information content (AvgIpc) is 2.74. The second-order valence-electron chi connectivity index (χ2n) is 5.37. The summed E-state index contributed by atoms with van der Waals surface area (Å²) < 4.78 is 38.8. The Balaban J connectivity index is 2.07. The van der Waals surface area contributed by atoms with E-state index in [4.69, 9.17) is 5.73 Å². The highest BCUT2D eigenvalue weighted by Crippen LogP contribution is 2.42. The molecule has 1 saturated heterocycles. The van der Waals surface area contributed by atoms with Crippen LogP contribution in [0.5, 0.6) is 0 Å². The van der Waals surface area contributed by atoms with E-state index in [0.29, 0.717) is 38.8 Å². The Morgan fingerprint density at radius 1 is 1.17 bits per heavy atom. The Morgan fingerprint density at radius 2 is 1.83 bits per heavy atom. The first-order valence-electron chi connectivity index (χ1n) is 6.50. The lowest BCUT2D eigenvalue weighted by atomic mass is 9.78. The Bertz CT molecular complexity index is 319. The van der Waals surface area contributed by atoms with Gasteiger partial charge >= 0.3 is 6.18 Å².